The molecule has 276 valence electrons. The first-order chi connectivity index (χ1) is 25.0. The van der Waals surface area contributed by atoms with E-state index in [1.807, 2.05) is 0 Å². The second-order valence-electron chi connectivity index (χ2n) is 12.9. The zero-order chi connectivity index (χ0) is 38.0. The highest BCUT2D eigenvalue weighted by Gasteiger charge is 2.50. The SMILES string of the molecule is Cc1cc(C(F)(F)F)ccc1NC(=O)Cn1c2c(c(=O)n3nc(-c4ccc(S(N)(=O)=O)cc4)nc13)C1(CCN(C(=O)c3ncccc3O)CC1)O[C@@H]2C. The number of pyridine rings is 1. The van der Waals surface area contributed by atoms with Gasteiger partial charge in [-0.3, -0.25) is 14.4 Å². The number of piperidine rings is 1. The van der Waals surface area contributed by atoms with Crippen LogP contribution in [0.15, 0.2) is 70.5 Å². The van der Waals surface area contributed by atoms with Crippen molar-refractivity contribution < 1.29 is 41.0 Å². The number of nitrogens with two attached hydrogens (primary N) is 1. The number of nitrogens with zero attached hydrogens (tertiary/aromatic N) is 6. The van der Waals surface area contributed by atoms with Gasteiger partial charge in [0.05, 0.1) is 27.8 Å². The largest absolute Gasteiger partial charge is 0.505 e. The number of hydrogen-bond acceptors (Lipinski definition) is 10. The Labute approximate surface area is 298 Å². The molecule has 0 radical (unpaired) electrons. The van der Waals surface area contributed by atoms with Crippen molar-refractivity contribution in [1.82, 2.24) is 29.0 Å². The van der Waals surface area contributed by atoms with Crippen LogP contribution in [0, 0.1) is 6.92 Å². The number of aromatic hydroxyl groups is 1. The summed E-state index contributed by atoms with van der Waals surface area (Å²) in [7, 11) is -4.00. The van der Waals surface area contributed by atoms with Gasteiger partial charge in [0.2, 0.25) is 21.7 Å². The lowest BCUT2D eigenvalue weighted by Gasteiger charge is -2.39. The number of rotatable bonds is 6. The van der Waals surface area contributed by atoms with Gasteiger partial charge in [-0.25, -0.2) is 18.5 Å². The topological polar surface area (TPSA) is 204 Å². The number of likely N-dealkylation sites (tertiary alicyclic amines) is 1. The number of anilines is 1. The Hall–Kier alpha value is -5.66. The molecule has 0 bridgehead atoms. The van der Waals surface area contributed by atoms with Crippen molar-refractivity contribution in [3.05, 3.63) is 99.2 Å². The zero-order valence-corrected chi connectivity index (χ0v) is 28.9. The molecule has 1 saturated heterocycles. The average Bonchev–Trinajstić information content (AvgIpc) is 3.67. The number of alkyl halides is 3. The molecule has 0 saturated carbocycles. The van der Waals surface area contributed by atoms with E-state index in [-0.39, 0.29) is 70.7 Å². The molecule has 3 aromatic heterocycles. The van der Waals surface area contributed by atoms with Gasteiger partial charge in [-0.05, 0) is 86.8 Å². The van der Waals surface area contributed by atoms with Crippen molar-refractivity contribution in [3.8, 4) is 17.1 Å². The molecular formula is C34H31F3N8O7S. The number of fused-ring (bicyclic) bond motifs is 3. The van der Waals surface area contributed by atoms with E-state index in [0.29, 0.717) is 11.3 Å². The summed E-state index contributed by atoms with van der Waals surface area (Å²) < 4.78 is 72.5. The van der Waals surface area contributed by atoms with E-state index in [9.17, 15) is 41.1 Å². The maximum absolute atomic E-state index is 14.4. The number of amides is 2. The van der Waals surface area contributed by atoms with Crippen LogP contribution in [-0.4, -0.2) is 67.5 Å². The minimum absolute atomic E-state index is 0.0256. The number of nitrogens with one attached hydrogen (secondary N) is 1. The van der Waals surface area contributed by atoms with E-state index < -0.39 is 57.4 Å². The number of aryl methyl sites for hydroxylation is 1. The Morgan fingerprint density at radius 2 is 1.81 bits per heavy atom. The molecule has 1 fully saturated rings. The summed E-state index contributed by atoms with van der Waals surface area (Å²) in [6, 6.07) is 11.1. The Balaban J connectivity index is 1.29. The van der Waals surface area contributed by atoms with Gasteiger partial charge in [0, 0.05) is 30.5 Å². The molecule has 0 unspecified atom stereocenters. The van der Waals surface area contributed by atoms with Gasteiger partial charge in [-0.1, -0.05) is 0 Å². The number of primary sulfonamides is 1. The van der Waals surface area contributed by atoms with Crippen LogP contribution in [0.1, 0.15) is 58.7 Å². The van der Waals surface area contributed by atoms with Crippen molar-refractivity contribution in [3.63, 3.8) is 0 Å². The first-order valence-electron chi connectivity index (χ1n) is 16.2. The Morgan fingerprint density at radius 3 is 2.43 bits per heavy atom. The first-order valence-corrected chi connectivity index (χ1v) is 17.8. The zero-order valence-electron chi connectivity index (χ0n) is 28.1. The highest BCUT2D eigenvalue weighted by Crippen LogP contribution is 2.48. The molecule has 19 heteroatoms. The maximum Gasteiger partial charge on any atom is 0.416 e. The van der Waals surface area contributed by atoms with Crippen LogP contribution >= 0.6 is 0 Å². The van der Waals surface area contributed by atoms with E-state index in [0.717, 1.165) is 22.7 Å². The van der Waals surface area contributed by atoms with Crippen LogP contribution in [0.5, 0.6) is 5.75 Å². The molecule has 2 aliphatic rings. The van der Waals surface area contributed by atoms with Gasteiger partial charge in [0.1, 0.15) is 17.9 Å². The fourth-order valence-electron chi connectivity index (χ4n) is 6.91. The molecule has 5 heterocycles. The molecule has 53 heavy (non-hydrogen) atoms. The highest BCUT2D eigenvalue weighted by molar-refractivity contribution is 7.89. The molecule has 1 spiro atoms. The van der Waals surface area contributed by atoms with Crippen LogP contribution in [-0.2, 0) is 37.9 Å². The minimum Gasteiger partial charge on any atom is -0.505 e. The maximum atomic E-state index is 14.4. The summed E-state index contributed by atoms with van der Waals surface area (Å²) in [5, 5.41) is 22.5. The summed E-state index contributed by atoms with van der Waals surface area (Å²) in [5.41, 5.74) is -1.61. The van der Waals surface area contributed by atoms with Gasteiger partial charge >= 0.3 is 6.18 Å². The summed E-state index contributed by atoms with van der Waals surface area (Å²) in [6.07, 6.45) is -3.62. The van der Waals surface area contributed by atoms with Crippen molar-refractivity contribution in [1.29, 1.82) is 0 Å². The molecule has 2 aliphatic heterocycles. The van der Waals surface area contributed by atoms with Gasteiger partial charge in [-0.2, -0.15) is 22.7 Å². The second-order valence-corrected chi connectivity index (χ2v) is 14.4. The van der Waals surface area contributed by atoms with Crippen LogP contribution in [0.4, 0.5) is 18.9 Å². The number of carbonyl (C=O) groups is 2. The lowest BCUT2D eigenvalue weighted by molar-refractivity contribution is -0.137. The van der Waals surface area contributed by atoms with E-state index in [1.165, 1.54) is 59.0 Å². The number of aromatic nitrogens is 5. The van der Waals surface area contributed by atoms with E-state index in [4.69, 9.17) is 9.88 Å². The van der Waals surface area contributed by atoms with Crippen LogP contribution in [0.25, 0.3) is 17.2 Å². The predicted molar refractivity (Wildman–Crippen MR) is 181 cm³/mol. The van der Waals surface area contributed by atoms with Crippen LogP contribution in [0.2, 0.25) is 0 Å². The number of benzene rings is 2. The molecule has 15 nitrogen and oxygen atoms in total. The standard InChI is InChI=1S/C34H31F3N8O7S/c1-18-16-21(34(35,36)37)7-10-23(18)40-25(47)17-44-28-19(2)52-33(11-14-43(15-12-33)31(49)27-24(46)4-3-13-39-27)26(28)30(48)45-32(44)41-29(42-45)20-5-8-22(9-6-20)53(38,50)51/h3-10,13,16,19,46H,11-12,14-15,17H2,1-2H3,(H,40,47)(H2,38,50,51)/t19-/m1/s1. The molecule has 7 rings (SSSR count). The molecular weight excluding hydrogens is 721 g/mol. The quantitative estimate of drug-likeness (QED) is 0.230. The third kappa shape index (κ3) is 6.40. The average molecular weight is 753 g/mol. The van der Waals surface area contributed by atoms with Gasteiger partial charge in [0.25, 0.3) is 11.5 Å². The van der Waals surface area contributed by atoms with Crippen molar-refractivity contribution >= 4 is 33.3 Å². The highest BCUT2D eigenvalue weighted by atomic mass is 32.2. The monoisotopic (exact) mass is 752 g/mol. The fourth-order valence-corrected chi connectivity index (χ4v) is 7.43. The van der Waals surface area contributed by atoms with Crippen molar-refractivity contribution in [2.75, 3.05) is 18.4 Å². The van der Waals surface area contributed by atoms with E-state index >= 15 is 0 Å². The predicted octanol–water partition coefficient (Wildman–Crippen LogP) is 3.49. The van der Waals surface area contributed by atoms with Gasteiger partial charge in [-0.15, -0.1) is 5.10 Å². The normalized spacial score (nSPS) is 16.9. The van der Waals surface area contributed by atoms with E-state index in [1.54, 1.807) is 6.92 Å². The molecule has 2 aromatic carbocycles. The van der Waals surface area contributed by atoms with Crippen molar-refractivity contribution in [2.45, 2.75) is 56.0 Å². The molecule has 1 atom stereocenters. The lowest BCUT2D eigenvalue weighted by atomic mass is 9.85. The number of ether oxygens (including phenoxy) is 1. The lowest BCUT2D eigenvalue weighted by Crippen LogP contribution is -2.47. The molecule has 4 N–H and O–H groups in total. The van der Waals surface area contributed by atoms with Gasteiger partial charge in [0.15, 0.2) is 11.5 Å². The fraction of sp³-hybridized carbons (Fsp3) is 0.294. The second kappa shape index (κ2) is 12.8. The molecule has 2 amide bonds. The van der Waals surface area contributed by atoms with Crippen LogP contribution in [0.3, 0.4) is 0 Å². The van der Waals surface area contributed by atoms with Crippen molar-refractivity contribution in [2.24, 2.45) is 5.14 Å². The molecule has 0 aliphatic carbocycles. The van der Waals surface area contributed by atoms with Crippen LogP contribution < -0.4 is 16.0 Å². The third-order valence-corrected chi connectivity index (χ3v) is 10.4. The van der Waals surface area contributed by atoms with Gasteiger partial charge < -0.3 is 24.6 Å². The summed E-state index contributed by atoms with van der Waals surface area (Å²) in [5.74, 6) is -1.44. The first kappa shape index (κ1) is 35.7. The number of hydrogen-bond donors (Lipinski definition) is 3. The Kier molecular flexibility index (Phi) is 8.61. The third-order valence-electron chi connectivity index (χ3n) is 9.45. The number of sulfonamides is 1. The minimum atomic E-state index is -4.57. The van der Waals surface area contributed by atoms with E-state index in [2.05, 4.69) is 20.4 Å². The summed E-state index contributed by atoms with van der Waals surface area (Å²) >= 11 is 0. The Morgan fingerprint density at radius 1 is 1.11 bits per heavy atom. The summed E-state index contributed by atoms with van der Waals surface area (Å²) in [6.45, 7) is 2.93. The summed E-state index contributed by atoms with van der Waals surface area (Å²) in [4.78, 5) is 51.2. The Bertz CT molecular complexity index is 2470. The smallest absolute Gasteiger partial charge is 0.416 e. The number of carbonyl (C=O) groups excluding carboxylic acids is 2. The molecule has 5 aromatic rings. The number of halogens is 3.